The van der Waals surface area contributed by atoms with Crippen LogP contribution in [0.1, 0.15) is 24.5 Å². The summed E-state index contributed by atoms with van der Waals surface area (Å²) in [5, 5.41) is 5.46. The number of nitrogen functional groups attached to an aromatic ring is 1. The Morgan fingerprint density at radius 2 is 2.19 bits per heavy atom. The fraction of sp³-hybridized carbons (Fsp3) is 0.429. The SMILES string of the molecule is CCOCc1nc(NN)cc(NC(C)Cc2cccs2)n1. The lowest BCUT2D eigenvalue weighted by Gasteiger charge is -2.15. The predicted octanol–water partition coefficient (Wildman–Crippen LogP) is 2.40. The second-order valence-electron chi connectivity index (χ2n) is 4.67. The molecule has 0 amide bonds. The van der Waals surface area contributed by atoms with Gasteiger partial charge < -0.3 is 15.5 Å². The molecule has 1 unspecified atom stereocenters. The highest BCUT2D eigenvalue weighted by Crippen LogP contribution is 2.16. The molecule has 0 spiro atoms. The van der Waals surface area contributed by atoms with E-state index >= 15 is 0 Å². The van der Waals surface area contributed by atoms with Crippen LogP contribution in [0.3, 0.4) is 0 Å². The van der Waals surface area contributed by atoms with Gasteiger partial charge in [-0.05, 0) is 25.3 Å². The standard InChI is InChI=1S/C14H21N5OS/c1-3-20-9-14-17-12(8-13(18-14)19-15)16-10(2)7-11-5-4-6-21-11/h4-6,8,10H,3,7,9,15H2,1-2H3,(H2,16,17,18,19). The molecule has 6 nitrogen and oxygen atoms in total. The smallest absolute Gasteiger partial charge is 0.158 e. The molecule has 0 aliphatic carbocycles. The molecular formula is C14H21N5OS. The third-order valence-electron chi connectivity index (χ3n) is 2.84. The second-order valence-corrected chi connectivity index (χ2v) is 5.70. The Kier molecular flexibility index (Phi) is 5.91. The fourth-order valence-corrected chi connectivity index (χ4v) is 2.77. The Labute approximate surface area is 128 Å². The van der Waals surface area contributed by atoms with E-state index in [1.54, 1.807) is 17.4 Å². The molecule has 4 N–H and O–H groups in total. The van der Waals surface area contributed by atoms with E-state index in [2.05, 4.69) is 45.1 Å². The van der Waals surface area contributed by atoms with Gasteiger partial charge in [0.2, 0.25) is 0 Å². The summed E-state index contributed by atoms with van der Waals surface area (Å²) in [6.07, 6.45) is 0.952. The summed E-state index contributed by atoms with van der Waals surface area (Å²) in [4.78, 5) is 10.1. The number of anilines is 2. The van der Waals surface area contributed by atoms with Crippen LogP contribution in [-0.2, 0) is 17.8 Å². The lowest BCUT2D eigenvalue weighted by molar-refractivity contribution is 0.128. The second kappa shape index (κ2) is 7.92. The summed E-state index contributed by atoms with van der Waals surface area (Å²) in [6, 6.07) is 6.26. The Hall–Kier alpha value is -1.70. The molecule has 2 rings (SSSR count). The van der Waals surface area contributed by atoms with Crippen molar-refractivity contribution in [1.82, 2.24) is 9.97 Å². The normalized spacial score (nSPS) is 12.1. The van der Waals surface area contributed by atoms with Crippen LogP contribution in [0, 0.1) is 0 Å². The maximum Gasteiger partial charge on any atom is 0.158 e. The molecule has 21 heavy (non-hydrogen) atoms. The first-order valence-corrected chi connectivity index (χ1v) is 7.80. The fourth-order valence-electron chi connectivity index (χ4n) is 1.94. The number of thiophene rings is 1. The van der Waals surface area contributed by atoms with Crippen molar-refractivity contribution in [2.24, 2.45) is 5.84 Å². The minimum Gasteiger partial charge on any atom is -0.374 e. The van der Waals surface area contributed by atoms with Gasteiger partial charge in [-0.1, -0.05) is 6.07 Å². The number of nitrogens with zero attached hydrogens (tertiary/aromatic N) is 2. The zero-order chi connectivity index (χ0) is 15.1. The van der Waals surface area contributed by atoms with Gasteiger partial charge in [-0.2, -0.15) is 0 Å². The number of hydrogen-bond acceptors (Lipinski definition) is 7. The number of hydrogen-bond donors (Lipinski definition) is 3. The highest BCUT2D eigenvalue weighted by molar-refractivity contribution is 7.09. The molecule has 0 aliphatic heterocycles. The van der Waals surface area contributed by atoms with Crippen LogP contribution in [0.5, 0.6) is 0 Å². The van der Waals surface area contributed by atoms with Crippen LogP contribution < -0.4 is 16.6 Å². The van der Waals surface area contributed by atoms with Crippen molar-refractivity contribution in [3.63, 3.8) is 0 Å². The molecule has 0 radical (unpaired) electrons. The van der Waals surface area contributed by atoms with Gasteiger partial charge in [0.25, 0.3) is 0 Å². The van der Waals surface area contributed by atoms with Gasteiger partial charge in [0.1, 0.15) is 18.2 Å². The monoisotopic (exact) mass is 307 g/mol. The molecule has 0 aliphatic rings. The zero-order valence-electron chi connectivity index (χ0n) is 12.3. The third kappa shape index (κ3) is 4.96. The maximum atomic E-state index is 5.45. The summed E-state index contributed by atoms with van der Waals surface area (Å²) in [5.74, 6) is 7.38. The number of nitrogens with one attached hydrogen (secondary N) is 2. The van der Waals surface area contributed by atoms with Crippen LogP contribution in [0.25, 0.3) is 0 Å². The van der Waals surface area contributed by atoms with Crippen molar-refractivity contribution in [2.75, 3.05) is 17.3 Å². The van der Waals surface area contributed by atoms with E-state index in [9.17, 15) is 0 Å². The van der Waals surface area contributed by atoms with Crippen molar-refractivity contribution in [1.29, 1.82) is 0 Å². The van der Waals surface area contributed by atoms with Gasteiger partial charge in [0, 0.05) is 30.0 Å². The predicted molar refractivity (Wildman–Crippen MR) is 86.3 cm³/mol. The van der Waals surface area contributed by atoms with Gasteiger partial charge >= 0.3 is 0 Å². The van der Waals surface area contributed by atoms with Crippen molar-refractivity contribution in [3.8, 4) is 0 Å². The van der Waals surface area contributed by atoms with Crippen molar-refractivity contribution >= 4 is 23.0 Å². The molecule has 0 saturated heterocycles. The van der Waals surface area contributed by atoms with Gasteiger partial charge in [-0.25, -0.2) is 15.8 Å². The number of ether oxygens (including phenoxy) is 1. The number of rotatable bonds is 8. The van der Waals surface area contributed by atoms with Crippen LogP contribution in [-0.4, -0.2) is 22.6 Å². The lowest BCUT2D eigenvalue weighted by atomic mass is 10.2. The minimum absolute atomic E-state index is 0.268. The van der Waals surface area contributed by atoms with E-state index in [1.807, 2.05) is 6.92 Å². The minimum atomic E-state index is 0.268. The molecule has 2 aromatic rings. The molecule has 114 valence electrons. The van der Waals surface area contributed by atoms with E-state index in [1.165, 1.54) is 4.88 Å². The lowest BCUT2D eigenvalue weighted by Crippen LogP contribution is -2.20. The van der Waals surface area contributed by atoms with Gasteiger partial charge in [0.15, 0.2) is 5.82 Å². The van der Waals surface area contributed by atoms with Crippen molar-refractivity contribution in [3.05, 3.63) is 34.3 Å². The molecule has 2 aromatic heterocycles. The third-order valence-corrected chi connectivity index (χ3v) is 3.74. The quantitative estimate of drug-likeness (QED) is 0.513. The van der Waals surface area contributed by atoms with Crippen LogP contribution >= 0.6 is 11.3 Å². The Morgan fingerprint density at radius 3 is 2.86 bits per heavy atom. The molecule has 0 fully saturated rings. The summed E-state index contributed by atoms with van der Waals surface area (Å²) < 4.78 is 5.34. The van der Waals surface area contributed by atoms with Crippen LogP contribution in [0.4, 0.5) is 11.6 Å². The summed E-state index contributed by atoms with van der Waals surface area (Å²) in [7, 11) is 0. The molecular weight excluding hydrogens is 286 g/mol. The van der Waals surface area contributed by atoms with E-state index in [-0.39, 0.29) is 6.04 Å². The Bertz CT molecular complexity index is 546. The first kappa shape index (κ1) is 15.7. The van der Waals surface area contributed by atoms with E-state index in [0.29, 0.717) is 24.9 Å². The summed E-state index contributed by atoms with van der Waals surface area (Å²) >= 11 is 1.76. The van der Waals surface area contributed by atoms with Gasteiger partial charge in [0.05, 0.1) is 0 Å². The Morgan fingerprint density at radius 1 is 1.38 bits per heavy atom. The van der Waals surface area contributed by atoms with Crippen molar-refractivity contribution < 1.29 is 4.74 Å². The molecule has 0 aromatic carbocycles. The van der Waals surface area contributed by atoms with Crippen LogP contribution in [0.15, 0.2) is 23.6 Å². The average molecular weight is 307 g/mol. The summed E-state index contributed by atoms with van der Waals surface area (Å²) in [5.41, 5.74) is 2.56. The number of hydrazine groups is 1. The topological polar surface area (TPSA) is 85.1 Å². The van der Waals surface area contributed by atoms with Crippen LogP contribution in [0.2, 0.25) is 0 Å². The molecule has 1 atom stereocenters. The molecule has 2 heterocycles. The number of aromatic nitrogens is 2. The Balaban J connectivity index is 2.03. The highest BCUT2D eigenvalue weighted by atomic mass is 32.1. The van der Waals surface area contributed by atoms with Crippen molar-refractivity contribution in [2.45, 2.75) is 32.9 Å². The van der Waals surface area contributed by atoms with E-state index in [4.69, 9.17) is 10.6 Å². The van der Waals surface area contributed by atoms with E-state index < -0.39 is 0 Å². The largest absolute Gasteiger partial charge is 0.374 e. The van der Waals surface area contributed by atoms with Gasteiger partial charge in [-0.3, -0.25) is 0 Å². The first-order valence-electron chi connectivity index (χ1n) is 6.92. The molecule has 7 heteroatoms. The molecule has 0 bridgehead atoms. The van der Waals surface area contributed by atoms with E-state index in [0.717, 1.165) is 12.2 Å². The average Bonchev–Trinajstić information content (AvgIpc) is 2.97. The maximum absolute atomic E-state index is 5.45. The molecule has 0 saturated carbocycles. The zero-order valence-corrected chi connectivity index (χ0v) is 13.1. The number of nitrogens with two attached hydrogens (primary N) is 1. The summed E-state index contributed by atoms with van der Waals surface area (Å²) in [6.45, 7) is 5.06. The highest BCUT2D eigenvalue weighted by Gasteiger charge is 2.08. The first-order chi connectivity index (χ1) is 10.2. The van der Waals surface area contributed by atoms with Gasteiger partial charge in [-0.15, -0.1) is 11.3 Å².